The van der Waals surface area contributed by atoms with Crippen molar-refractivity contribution in [1.82, 2.24) is 4.57 Å². The fraction of sp³-hybridized carbons (Fsp3) is 0.250. The molecule has 0 bridgehead atoms. The zero-order valence-corrected chi connectivity index (χ0v) is 17.7. The van der Waals surface area contributed by atoms with Crippen LogP contribution in [0, 0.1) is 5.41 Å². The Morgan fingerprint density at radius 1 is 1.23 bits per heavy atom. The number of thiophene rings is 1. The average Bonchev–Trinajstić information content (AvgIpc) is 3.37. The summed E-state index contributed by atoms with van der Waals surface area (Å²) in [5, 5.41) is 14.7. The van der Waals surface area contributed by atoms with Gasteiger partial charge in [0, 0.05) is 34.8 Å². The van der Waals surface area contributed by atoms with E-state index in [-0.39, 0.29) is 17.0 Å². The van der Waals surface area contributed by atoms with Crippen LogP contribution >= 0.6 is 11.3 Å². The third kappa shape index (κ3) is 2.75. The first kappa shape index (κ1) is 18.9. The van der Waals surface area contributed by atoms with Crippen LogP contribution in [-0.4, -0.2) is 15.6 Å². The molecule has 0 amide bonds. The molecule has 6 heteroatoms. The predicted molar refractivity (Wildman–Crippen MR) is 118 cm³/mol. The maximum Gasteiger partial charge on any atom is 0.341 e. The van der Waals surface area contributed by atoms with Crippen molar-refractivity contribution in [1.29, 1.82) is 0 Å². The lowest BCUT2D eigenvalue weighted by molar-refractivity contribution is 0.0693. The van der Waals surface area contributed by atoms with Gasteiger partial charge in [-0.15, -0.1) is 0 Å². The molecule has 1 aliphatic rings. The Labute approximate surface area is 177 Å². The minimum atomic E-state index is -1.20. The van der Waals surface area contributed by atoms with E-state index in [1.807, 2.05) is 16.0 Å². The van der Waals surface area contributed by atoms with Crippen LogP contribution in [0.4, 0.5) is 0 Å². The Kier molecular flexibility index (Phi) is 4.05. The second-order valence-corrected chi connectivity index (χ2v) is 9.64. The Balaban J connectivity index is 1.88. The summed E-state index contributed by atoms with van der Waals surface area (Å²) in [5.41, 5.74) is 4.88. The highest BCUT2D eigenvalue weighted by Gasteiger charge is 2.35. The molecular formula is C24H21NO4S. The van der Waals surface area contributed by atoms with Crippen molar-refractivity contribution in [2.75, 3.05) is 0 Å². The molecule has 1 atom stereocenters. The topological polar surface area (TPSA) is 72.4 Å². The zero-order valence-electron chi connectivity index (χ0n) is 16.9. The van der Waals surface area contributed by atoms with E-state index in [1.165, 1.54) is 12.3 Å². The number of furan rings is 1. The molecule has 1 N–H and O–H groups in total. The minimum Gasteiger partial charge on any atom is -0.477 e. The van der Waals surface area contributed by atoms with Crippen molar-refractivity contribution in [3.8, 4) is 22.4 Å². The van der Waals surface area contributed by atoms with E-state index in [4.69, 9.17) is 4.42 Å². The zero-order chi connectivity index (χ0) is 21.2. The highest BCUT2D eigenvalue weighted by atomic mass is 32.1. The highest BCUT2D eigenvalue weighted by Crippen LogP contribution is 2.47. The average molecular weight is 420 g/mol. The fourth-order valence-electron chi connectivity index (χ4n) is 4.47. The van der Waals surface area contributed by atoms with Crippen molar-refractivity contribution >= 4 is 28.3 Å². The van der Waals surface area contributed by atoms with Gasteiger partial charge in [0.15, 0.2) is 5.43 Å². The first-order valence-corrected chi connectivity index (χ1v) is 10.8. The lowest BCUT2D eigenvalue weighted by Crippen LogP contribution is -2.32. The van der Waals surface area contributed by atoms with Gasteiger partial charge in [-0.25, -0.2) is 4.79 Å². The second-order valence-electron chi connectivity index (χ2n) is 8.86. The first-order chi connectivity index (χ1) is 14.3. The van der Waals surface area contributed by atoms with Crippen LogP contribution in [0.2, 0.25) is 0 Å². The third-order valence-electron chi connectivity index (χ3n) is 5.99. The van der Waals surface area contributed by atoms with Gasteiger partial charge in [-0.3, -0.25) is 4.79 Å². The predicted octanol–water partition coefficient (Wildman–Crippen LogP) is 5.83. The van der Waals surface area contributed by atoms with Crippen molar-refractivity contribution in [2.45, 2.75) is 33.2 Å². The summed E-state index contributed by atoms with van der Waals surface area (Å²) in [6, 6.07) is 7.62. The molecule has 4 aromatic rings. The number of hydrogen-bond acceptors (Lipinski definition) is 4. The van der Waals surface area contributed by atoms with Gasteiger partial charge in [0.1, 0.15) is 11.1 Å². The van der Waals surface area contributed by atoms with Gasteiger partial charge in [0.2, 0.25) is 0 Å². The Bertz CT molecular complexity index is 1350. The molecule has 3 aromatic heterocycles. The van der Waals surface area contributed by atoms with E-state index in [9.17, 15) is 14.7 Å². The van der Waals surface area contributed by atoms with Gasteiger partial charge in [-0.2, -0.15) is 11.3 Å². The number of carboxylic acids is 1. The molecule has 4 heterocycles. The van der Waals surface area contributed by atoms with Crippen LogP contribution in [0.1, 0.15) is 42.7 Å². The van der Waals surface area contributed by atoms with E-state index >= 15 is 0 Å². The maximum atomic E-state index is 12.6. The molecule has 5 rings (SSSR count). The summed E-state index contributed by atoms with van der Waals surface area (Å²) < 4.78 is 7.92. The number of fused-ring (bicyclic) bond motifs is 5. The standard InChI is InChI=1S/C24H21NO4S/c1-24(2,3)21-9-17-16(19-10-20(26)18(23(27)28)11-25(19)21)8-15(13-5-7-30-12-13)14-4-6-29-22(14)17/h4-8,10-12,21H,9H2,1-3H3,(H,27,28)/t21-/m0/s1. The summed E-state index contributed by atoms with van der Waals surface area (Å²) in [6.45, 7) is 6.39. The van der Waals surface area contributed by atoms with Crippen molar-refractivity contribution < 1.29 is 14.3 Å². The van der Waals surface area contributed by atoms with Crippen molar-refractivity contribution in [3.63, 3.8) is 0 Å². The Hall–Kier alpha value is -3.12. The molecule has 152 valence electrons. The molecular weight excluding hydrogens is 398 g/mol. The number of carbonyl (C=O) groups is 1. The van der Waals surface area contributed by atoms with E-state index in [0.717, 1.165) is 38.9 Å². The van der Waals surface area contributed by atoms with Crippen LogP contribution in [-0.2, 0) is 6.42 Å². The van der Waals surface area contributed by atoms with Crippen molar-refractivity contribution in [2.24, 2.45) is 5.41 Å². The number of nitrogens with zero attached hydrogens (tertiary/aromatic N) is 1. The largest absolute Gasteiger partial charge is 0.477 e. The second kappa shape index (κ2) is 6.44. The van der Waals surface area contributed by atoms with Gasteiger partial charge < -0.3 is 14.1 Å². The smallest absolute Gasteiger partial charge is 0.341 e. The quantitative estimate of drug-likeness (QED) is 0.444. The molecule has 30 heavy (non-hydrogen) atoms. The molecule has 1 aromatic carbocycles. The van der Waals surface area contributed by atoms with Crippen LogP contribution in [0.15, 0.2) is 56.7 Å². The monoisotopic (exact) mass is 419 g/mol. The first-order valence-electron chi connectivity index (χ1n) is 9.81. The van der Waals surface area contributed by atoms with Gasteiger partial charge >= 0.3 is 5.97 Å². The number of benzene rings is 1. The lowest BCUT2D eigenvalue weighted by atomic mass is 9.78. The summed E-state index contributed by atoms with van der Waals surface area (Å²) in [6.07, 6.45) is 3.92. The van der Waals surface area contributed by atoms with E-state index in [0.29, 0.717) is 6.42 Å². The number of aromatic nitrogens is 1. The van der Waals surface area contributed by atoms with Gasteiger partial charge in [0.25, 0.3) is 0 Å². The Morgan fingerprint density at radius 2 is 2.03 bits per heavy atom. The number of carboxylic acid groups (broad SMARTS) is 1. The van der Waals surface area contributed by atoms with E-state index in [1.54, 1.807) is 17.6 Å². The van der Waals surface area contributed by atoms with Gasteiger partial charge in [0.05, 0.1) is 12.0 Å². The molecule has 0 spiro atoms. The summed E-state index contributed by atoms with van der Waals surface area (Å²) in [7, 11) is 0. The third-order valence-corrected chi connectivity index (χ3v) is 6.68. The summed E-state index contributed by atoms with van der Waals surface area (Å²) in [5.74, 6) is -1.20. The van der Waals surface area contributed by atoms with Crippen LogP contribution in [0.25, 0.3) is 33.4 Å². The maximum absolute atomic E-state index is 12.6. The SMILES string of the molecule is CC(C)(C)[C@@H]1Cc2c(cc(-c3ccsc3)c3ccoc23)-c2cc(=O)c(C(=O)O)cn21. The lowest BCUT2D eigenvalue weighted by Gasteiger charge is -2.39. The fourth-order valence-corrected chi connectivity index (χ4v) is 5.13. The number of rotatable bonds is 2. The molecule has 0 saturated heterocycles. The Morgan fingerprint density at radius 3 is 2.70 bits per heavy atom. The normalized spacial score (nSPS) is 15.8. The molecule has 0 saturated carbocycles. The number of aromatic carboxylic acids is 1. The number of hydrogen-bond donors (Lipinski definition) is 1. The highest BCUT2D eigenvalue weighted by molar-refractivity contribution is 7.08. The van der Waals surface area contributed by atoms with E-state index in [2.05, 4.69) is 38.3 Å². The molecule has 0 unspecified atom stereocenters. The molecule has 5 nitrogen and oxygen atoms in total. The summed E-state index contributed by atoms with van der Waals surface area (Å²) in [4.78, 5) is 24.2. The molecule has 0 aliphatic carbocycles. The number of pyridine rings is 1. The molecule has 0 fully saturated rings. The van der Waals surface area contributed by atoms with Crippen LogP contribution in [0.3, 0.4) is 0 Å². The van der Waals surface area contributed by atoms with Gasteiger partial charge in [-0.1, -0.05) is 20.8 Å². The molecule has 0 radical (unpaired) electrons. The van der Waals surface area contributed by atoms with Crippen molar-refractivity contribution in [3.05, 3.63) is 68.8 Å². The molecule has 1 aliphatic heterocycles. The van der Waals surface area contributed by atoms with Crippen LogP contribution < -0.4 is 5.43 Å². The minimum absolute atomic E-state index is 0.0148. The van der Waals surface area contributed by atoms with Crippen LogP contribution in [0.5, 0.6) is 0 Å². The van der Waals surface area contributed by atoms with Gasteiger partial charge in [-0.05, 0) is 51.9 Å². The van der Waals surface area contributed by atoms with E-state index < -0.39 is 11.4 Å². The summed E-state index contributed by atoms with van der Waals surface area (Å²) >= 11 is 1.63.